The maximum absolute atomic E-state index is 11.5. The van der Waals surface area contributed by atoms with Gasteiger partial charge in [-0.2, -0.15) is 0 Å². The molecule has 1 aromatic rings. The molecule has 0 aliphatic heterocycles. The van der Waals surface area contributed by atoms with Gasteiger partial charge in [0.2, 0.25) is 5.91 Å². The molecule has 0 fully saturated rings. The lowest BCUT2D eigenvalue weighted by atomic mass is 10.2. The van der Waals surface area contributed by atoms with Gasteiger partial charge in [0.1, 0.15) is 5.75 Å². The number of rotatable bonds is 5. The summed E-state index contributed by atoms with van der Waals surface area (Å²) in [5.41, 5.74) is 7.99. The highest BCUT2D eigenvalue weighted by molar-refractivity contribution is 7.85. The predicted octanol–water partition coefficient (Wildman–Crippen LogP) is 1.67. The number of anilines is 2. The Hall–Kier alpha value is -1.36. The highest BCUT2D eigenvalue weighted by atomic mass is 32.2. The van der Waals surface area contributed by atoms with Crippen LogP contribution in [0.4, 0.5) is 11.4 Å². The molecule has 1 amide bonds. The number of amides is 1. The van der Waals surface area contributed by atoms with Crippen LogP contribution in [0, 0.1) is 6.92 Å². The Labute approximate surface area is 104 Å². The van der Waals surface area contributed by atoms with Crippen molar-refractivity contribution in [3.8, 4) is 0 Å². The maximum atomic E-state index is 11.5. The largest absolute Gasteiger partial charge is 0.398 e. The van der Waals surface area contributed by atoms with Gasteiger partial charge in [-0.05, 0) is 31.0 Å². The topological polar surface area (TPSA) is 72.2 Å². The quantitative estimate of drug-likeness (QED) is 0.785. The third-order valence-corrected chi connectivity index (χ3v) is 3.73. The van der Waals surface area contributed by atoms with E-state index in [4.69, 9.17) is 5.73 Å². The van der Waals surface area contributed by atoms with Gasteiger partial charge in [-0.3, -0.25) is 9.00 Å². The Bertz CT molecular complexity index is 433. The molecule has 1 aromatic carbocycles. The summed E-state index contributed by atoms with van der Waals surface area (Å²) in [4.78, 5) is 11.5. The predicted molar refractivity (Wildman–Crippen MR) is 72.4 cm³/mol. The van der Waals surface area contributed by atoms with Crippen molar-refractivity contribution in [1.29, 1.82) is 0 Å². The number of aryl methyl sites for hydroxylation is 1. The molecule has 3 N–H and O–H groups in total. The van der Waals surface area contributed by atoms with Gasteiger partial charge in [-0.15, -0.1) is 0 Å². The Morgan fingerprint density at radius 2 is 2.18 bits per heavy atom. The summed E-state index contributed by atoms with van der Waals surface area (Å²) in [6.45, 7) is 3.84. The molecule has 1 unspecified atom stereocenters. The third-order valence-electron chi connectivity index (χ3n) is 2.29. The van der Waals surface area contributed by atoms with Crippen molar-refractivity contribution in [2.24, 2.45) is 0 Å². The van der Waals surface area contributed by atoms with Crippen molar-refractivity contribution < 1.29 is 9.00 Å². The molecule has 17 heavy (non-hydrogen) atoms. The van der Waals surface area contributed by atoms with Crippen LogP contribution < -0.4 is 11.1 Å². The van der Waals surface area contributed by atoms with Crippen LogP contribution in [0.15, 0.2) is 18.2 Å². The minimum Gasteiger partial charge on any atom is -0.398 e. The van der Waals surface area contributed by atoms with Crippen LogP contribution in [0.5, 0.6) is 0 Å². The number of nitrogen functional groups attached to an aromatic ring is 1. The Kier molecular flexibility index (Phi) is 5.15. The van der Waals surface area contributed by atoms with E-state index in [-0.39, 0.29) is 11.7 Å². The van der Waals surface area contributed by atoms with Crippen molar-refractivity contribution in [2.45, 2.75) is 20.3 Å². The van der Waals surface area contributed by atoms with E-state index in [2.05, 4.69) is 5.32 Å². The van der Waals surface area contributed by atoms with Crippen LogP contribution in [-0.4, -0.2) is 21.6 Å². The van der Waals surface area contributed by atoms with Crippen LogP contribution in [0.2, 0.25) is 0 Å². The third kappa shape index (κ3) is 4.56. The number of benzene rings is 1. The lowest BCUT2D eigenvalue weighted by Gasteiger charge is -2.07. The van der Waals surface area contributed by atoms with Gasteiger partial charge < -0.3 is 11.1 Å². The van der Waals surface area contributed by atoms with Gasteiger partial charge in [0.25, 0.3) is 0 Å². The molecular weight excluding hydrogens is 236 g/mol. The molecule has 0 radical (unpaired) electrons. The smallest absolute Gasteiger partial charge is 0.236 e. The second-order valence-corrected chi connectivity index (χ2v) is 5.48. The van der Waals surface area contributed by atoms with Gasteiger partial charge in [-0.25, -0.2) is 0 Å². The molecule has 0 heterocycles. The first kappa shape index (κ1) is 13.7. The van der Waals surface area contributed by atoms with Crippen molar-refractivity contribution in [2.75, 3.05) is 22.6 Å². The van der Waals surface area contributed by atoms with E-state index in [0.29, 0.717) is 17.1 Å². The second kappa shape index (κ2) is 6.39. The molecule has 0 aromatic heterocycles. The molecule has 0 bridgehead atoms. The molecule has 1 rings (SSSR count). The molecular formula is C12H18N2O2S. The van der Waals surface area contributed by atoms with Gasteiger partial charge in [0.05, 0.1) is 0 Å². The molecule has 94 valence electrons. The molecule has 0 aliphatic carbocycles. The Morgan fingerprint density at radius 1 is 1.47 bits per heavy atom. The van der Waals surface area contributed by atoms with Crippen LogP contribution >= 0.6 is 0 Å². The number of carbonyl (C=O) groups excluding carboxylic acids is 1. The minimum atomic E-state index is -1.08. The van der Waals surface area contributed by atoms with Crippen LogP contribution in [0.25, 0.3) is 0 Å². The normalized spacial score (nSPS) is 12.1. The van der Waals surface area contributed by atoms with Crippen molar-refractivity contribution in [3.05, 3.63) is 23.8 Å². The first-order valence-electron chi connectivity index (χ1n) is 5.54. The number of nitrogens with two attached hydrogens (primary N) is 1. The molecule has 1 atom stereocenters. The van der Waals surface area contributed by atoms with E-state index in [1.165, 1.54) is 0 Å². The number of nitrogens with one attached hydrogen (secondary N) is 1. The first-order valence-corrected chi connectivity index (χ1v) is 7.02. The van der Waals surface area contributed by atoms with E-state index >= 15 is 0 Å². The summed E-state index contributed by atoms with van der Waals surface area (Å²) >= 11 is 0. The molecule has 5 heteroatoms. The molecule has 0 spiro atoms. The van der Waals surface area contributed by atoms with Crippen molar-refractivity contribution in [1.82, 2.24) is 0 Å². The molecule has 0 saturated carbocycles. The van der Waals surface area contributed by atoms with E-state index < -0.39 is 10.8 Å². The fraction of sp³-hybridized carbons (Fsp3) is 0.417. The van der Waals surface area contributed by atoms with Crippen LogP contribution in [0.3, 0.4) is 0 Å². The average Bonchev–Trinajstić information content (AvgIpc) is 2.23. The fourth-order valence-corrected chi connectivity index (χ4v) is 2.33. The standard InChI is InChI=1S/C12H18N2O2S/c1-3-6-17(16)8-12(15)14-10-5-4-9(2)11(13)7-10/h4-5,7H,3,6,8,13H2,1-2H3,(H,14,15). The van der Waals surface area contributed by atoms with E-state index in [1.54, 1.807) is 12.1 Å². The summed E-state index contributed by atoms with van der Waals surface area (Å²) in [6.07, 6.45) is 0.817. The summed E-state index contributed by atoms with van der Waals surface area (Å²) in [5.74, 6) is 0.366. The number of carbonyl (C=O) groups is 1. The van der Waals surface area contributed by atoms with E-state index in [0.717, 1.165) is 12.0 Å². The van der Waals surface area contributed by atoms with E-state index in [1.807, 2.05) is 19.9 Å². The van der Waals surface area contributed by atoms with Crippen molar-refractivity contribution in [3.63, 3.8) is 0 Å². The summed E-state index contributed by atoms with van der Waals surface area (Å²) in [7, 11) is -1.08. The highest BCUT2D eigenvalue weighted by Gasteiger charge is 2.07. The zero-order chi connectivity index (χ0) is 12.8. The summed E-state index contributed by atoms with van der Waals surface area (Å²) < 4.78 is 11.4. The number of hydrogen-bond donors (Lipinski definition) is 2. The molecule has 0 aliphatic rings. The minimum absolute atomic E-state index is 0.0433. The van der Waals surface area contributed by atoms with Gasteiger partial charge in [0, 0.05) is 27.9 Å². The Morgan fingerprint density at radius 3 is 2.76 bits per heavy atom. The average molecular weight is 254 g/mol. The lowest BCUT2D eigenvalue weighted by Crippen LogP contribution is -2.20. The Balaban J connectivity index is 2.56. The fourth-order valence-electron chi connectivity index (χ4n) is 1.36. The van der Waals surface area contributed by atoms with Crippen molar-refractivity contribution >= 4 is 28.1 Å². The monoisotopic (exact) mass is 254 g/mol. The zero-order valence-electron chi connectivity index (χ0n) is 10.2. The van der Waals surface area contributed by atoms with Gasteiger partial charge >= 0.3 is 0 Å². The van der Waals surface area contributed by atoms with E-state index in [9.17, 15) is 9.00 Å². The molecule has 4 nitrogen and oxygen atoms in total. The lowest BCUT2D eigenvalue weighted by molar-refractivity contribution is -0.113. The number of hydrogen-bond acceptors (Lipinski definition) is 3. The zero-order valence-corrected chi connectivity index (χ0v) is 11.0. The second-order valence-electron chi connectivity index (χ2n) is 3.91. The maximum Gasteiger partial charge on any atom is 0.236 e. The van der Waals surface area contributed by atoms with Gasteiger partial charge in [-0.1, -0.05) is 13.0 Å². The first-order chi connectivity index (χ1) is 8.02. The van der Waals surface area contributed by atoms with Crippen LogP contribution in [-0.2, 0) is 15.6 Å². The van der Waals surface area contributed by atoms with Gasteiger partial charge in [0.15, 0.2) is 0 Å². The van der Waals surface area contributed by atoms with Crippen LogP contribution in [0.1, 0.15) is 18.9 Å². The SMILES string of the molecule is CCCS(=O)CC(=O)Nc1ccc(C)c(N)c1. The highest BCUT2D eigenvalue weighted by Crippen LogP contribution is 2.16. The summed E-state index contributed by atoms with van der Waals surface area (Å²) in [6, 6.07) is 5.33. The molecule has 0 saturated heterocycles. The summed E-state index contributed by atoms with van der Waals surface area (Å²) in [5, 5.41) is 2.69.